The minimum atomic E-state index is -3.48. The maximum Gasteiger partial charge on any atom is 0.241 e. The molecule has 0 amide bonds. The van der Waals surface area contributed by atoms with E-state index in [2.05, 4.69) is 15.0 Å². The predicted octanol–water partition coefficient (Wildman–Crippen LogP) is 0.194. The van der Waals surface area contributed by atoms with Crippen molar-refractivity contribution in [3.63, 3.8) is 0 Å². The third-order valence-corrected chi connectivity index (χ3v) is 5.27. The second-order valence-electron chi connectivity index (χ2n) is 4.36. The van der Waals surface area contributed by atoms with Crippen molar-refractivity contribution in [2.75, 3.05) is 33.4 Å². The maximum atomic E-state index is 12.1. The molecule has 0 radical (unpaired) electrons. The van der Waals surface area contributed by atoms with Gasteiger partial charge in [0.15, 0.2) is 5.96 Å². The molecular weight excluding hydrogens is 312 g/mol. The molecular formula is C12H22N4O3S2. The molecule has 9 heteroatoms. The van der Waals surface area contributed by atoms with Crippen LogP contribution in [0.1, 0.15) is 9.75 Å². The van der Waals surface area contributed by atoms with Crippen molar-refractivity contribution in [1.29, 1.82) is 0 Å². The monoisotopic (exact) mass is 334 g/mol. The van der Waals surface area contributed by atoms with Crippen LogP contribution in [0.4, 0.5) is 0 Å². The summed E-state index contributed by atoms with van der Waals surface area (Å²) < 4.78 is 31.6. The Morgan fingerprint density at radius 2 is 2.14 bits per heavy atom. The van der Waals surface area contributed by atoms with Crippen LogP contribution in [0, 0.1) is 13.8 Å². The Morgan fingerprint density at radius 1 is 1.43 bits per heavy atom. The number of nitrogens with one attached hydrogen (secondary N) is 2. The molecule has 1 heterocycles. The van der Waals surface area contributed by atoms with E-state index >= 15 is 0 Å². The van der Waals surface area contributed by atoms with Crippen LogP contribution < -0.4 is 15.8 Å². The zero-order valence-electron chi connectivity index (χ0n) is 12.5. The van der Waals surface area contributed by atoms with Crippen LogP contribution in [0.2, 0.25) is 0 Å². The van der Waals surface area contributed by atoms with Crippen molar-refractivity contribution in [1.82, 2.24) is 10.0 Å². The second kappa shape index (κ2) is 8.32. The summed E-state index contributed by atoms with van der Waals surface area (Å²) in [7, 11) is -1.88. The molecule has 0 unspecified atom stereocenters. The summed E-state index contributed by atoms with van der Waals surface area (Å²) in [4.78, 5) is 6.11. The molecule has 0 aliphatic heterocycles. The van der Waals surface area contributed by atoms with Gasteiger partial charge in [0.05, 0.1) is 18.0 Å². The first-order chi connectivity index (χ1) is 9.86. The lowest BCUT2D eigenvalue weighted by atomic mass is 10.4. The van der Waals surface area contributed by atoms with E-state index in [1.165, 1.54) is 11.3 Å². The normalized spacial score (nSPS) is 12.6. The Balaban J connectivity index is 2.44. The largest absolute Gasteiger partial charge is 0.383 e. The number of nitrogens with two attached hydrogens (primary N) is 1. The average Bonchev–Trinajstić information content (AvgIpc) is 2.75. The molecule has 21 heavy (non-hydrogen) atoms. The molecule has 0 atom stereocenters. The Morgan fingerprint density at radius 3 is 2.71 bits per heavy atom. The first-order valence-corrected chi connectivity index (χ1v) is 8.76. The Kier molecular flexibility index (Phi) is 7.09. The zero-order chi connectivity index (χ0) is 15.9. The van der Waals surface area contributed by atoms with Crippen molar-refractivity contribution in [3.8, 4) is 0 Å². The summed E-state index contributed by atoms with van der Waals surface area (Å²) in [5.41, 5.74) is 5.61. The minimum Gasteiger partial charge on any atom is -0.383 e. The van der Waals surface area contributed by atoms with Crippen molar-refractivity contribution in [2.45, 2.75) is 18.7 Å². The van der Waals surface area contributed by atoms with Gasteiger partial charge in [0.25, 0.3) is 0 Å². The number of methoxy groups -OCH3 is 1. The average molecular weight is 334 g/mol. The lowest BCUT2D eigenvalue weighted by molar-refractivity contribution is 0.204. The lowest BCUT2D eigenvalue weighted by Crippen LogP contribution is -2.35. The van der Waals surface area contributed by atoms with Crippen LogP contribution in [0.15, 0.2) is 16.0 Å². The molecule has 1 rings (SSSR count). The highest BCUT2D eigenvalue weighted by Gasteiger charge is 2.18. The highest BCUT2D eigenvalue weighted by atomic mass is 32.2. The highest BCUT2D eigenvalue weighted by molar-refractivity contribution is 7.89. The topological polar surface area (TPSA) is 106 Å². The van der Waals surface area contributed by atoms with E-state index in [1.807, 2.05) is 6.92 Å². The third kappa shape index (κ3) is 6.00. The van der Waals surface area contributed by atoms with E-state index in [1.54, 1.807) is 20.1 Å². The van der Waals surface area contributed by atoms with Gasteiger partial charge in [-0.2, -0.15) is 0 Å². The van der Waals surface area contributed by atoms with Gasteiger partial charge in [-0.15, -0.1) is 11.3 Å². The van der Waals surface area contributed by atoms with Gasteiger partial charge >= 0.3 is 0 Å². The third-order valence-electron chi connectivity index (χ3n) is 2.58. The molecule has 0 bridgehead atoms. The van der Waals surface area contributed by atoms with E-state index in [0.29, 0.717) is 18.0 Å². The van der Waals surface area contributed by atoms with Crippen LogP contribution in [0.25, 0.3) is 0 Å². The minimum absolute atomic E-state index is 0.198. The number of sulfonamides is 1. The summed E-state index contributed by atoms with van der Waals surface area (Å²) in [6.45, 7) is 5.23. The van der Waals surface area contributed by atoms with Gasteiger partial charge in [-0.1, -0.05) is 0 Å². The summed E-state index contributed by atoms with van der Waals surface area (Å²) in [5, 5.41) is 2.85. The number of ether oxygens (including phenoxy) is 1. The van der Waals surface area contributed by atoms with Crippen LogP contribution in [0.3, 0.4) is 0 Å². The number of rotatable bonds is 8. The van der Waals surface area contributed by atoms with Gasteiger partial charge in [0.2, 0.25) is 10.0 Å². The first-order valence-electron chi connectivity index (χ1n) is 6.46. The van der Waals surface area contributed by atoms with Crippen molar-refractivity contribution < 1.29 is 13.2 Å². The van der Waals surface area contributed by atoms with Crippen molar-refractivity contribution >= 4 is 27.3 Å². The fraction of sp³-hybridized carbons (Fsp3) is 0.583. The molecule has 0 saturated heterocycles. The molecule has 0 fully saturated rings. The molecule has 4 N–H and O–H groups in total. The summed E-state index contributed by atoms with van der Waals surface area (Å²) in [6, 6.07) is 1.67. The molecule has 0 aromatic carbocycles. The quantitative estimate of drug-likeness (QED) is 0.358. The van der Waals surface area contributed by atoms with Crippen molar-refractivity contribution in [2.24, 2.45) is 10.7 Å². The molecule has 7 nitrogen and oxygen atoms in total. The standard InChI is InChI=1S/C12H22N4O3S2/c1-9-8-11(10(2)20-9)21(17,18)16-5-4-14-12(13)15-6-7-19-3/h8,16H,4-7H2,1-3H3,(H3,13,14,15). The van der Waals surface area contributed by atoms with Crippen molar-refractivity contribution in [3.05, 3.63) is 15.8 Å². The molecule has 0 aliphatic carbocycles. The van der Waals surface area contributed by atoms with Gasteiger partial charge < -0.3 is 15.8 Å². The fourth-order valence-electron chi connectivity index (χ4n) is 1.65. The highest BCUT2D eigenvalue weighted by Crippen LogP contribution is 2.24. The number of guanidine groups is 1. The number of aryl methyl sites for hydroxylation is 2. The van der Waals surface area contributed by atoms with Crippen LogP contribution in [-0.4, -0.2) is 47.7 Å². The maximum absolute atomic E-state index is 12.1. The van der Waals surface area contributed by atoms with Crippen LogP contribution in [0.5, 0.6) is 0 Å². The number of hydrogen-bond acceptors (Lipinski definition) is 5. The number of nitrogens with zero attached hydrogens (tertiary/aromatic N) is 1. The smallest absolute Gasteiger partial charge is 0.241 e. The van der Waals surface area contributed by atoms with Crippen LogP contribution >= 0.6 is 11.3 Å². The number of aliphatic imine (C=N–C) groups is 1. The molecule has 1 aromatic rings. The molecule has 1 aromatic heterocycles. The van der Waals surface area contributed by atoms with E-state index in [-0.39, 0.29) is 19.0 Å². The molecule has 0 aliphatic rings. The summed E-state index contributed by atoms with van der Waals surface area (Å²) >= 11 is 1.46. The molecule has 0 saturated carbocycles. The SMILES string of the molecule is COCCNC(N)=NCCNS(=O)(=O)c1cc(C)sc1C. The van der Waals surface area contributed by atoms with Crippen LogP contribution in [-0.2, 0) is 14.8 Å². The number of thiophene rings is 1. The van der Waals surface area contributed by atoms with Gasteiger partial charge in [0, 0.05) is 30.0 Å². The summed E-state index contributed by atoms with van der Waals surface area (Å²) in [5.74, 6) is 0.272. The van der Waals surface area contributed by atoms with E-state index in [0.717, 1.165) is 9.75 Å². The zero-order valence-corrected chi connectivity index (χ0v) is 14.1. The van der Waals surface area contributed by atoms with Gasteiger partial charge in [0.1, 0.15) is 0 Å². The predicted molar refractivity (Wildman–Crippen MR) is 85.3 cm³/mol. The number of hydrogen-bond donors (Lipinski definition) is 3. The summed E-state index contributed by atoms with van der Waals surface area (Å²) in [6.07, 6.45) is 0. The Bertz CT molecular complexity index is 581. The molecule has 120 valence electrons. The van der Waals surface area contributed by atoms with E-state index < -0.39 is 10.0 Å². The first kappa shape index (κ1) is 17.9. The Labute approximate surface area is 129 Å². The lowest BCUT2D eigenvalue weighted by Gasteiger charge is -2.06. The van der Waals surface area contributed by atoms with E-state index in [4.69, 9.17) is 10.5 Å². The Hall–Kier alpha value is -1.16. The molecule has 0 spiro atoms. The fourth-order valence-corrected chi connectivity index (χ4v) is 4.22. The van der Waals surface area contributed by atoms with Gasteiger partial charge in [-0.25, -0.2) is 13.1 Å². The van der Waals surface area contributed by atoms with Gasteiger partial charge in [-0.3, -0.25) is 4.99 Å². The second-order valence-corrected chi connectivity index (χ2v) is 7.56. The van der Waals surface area contributed by atoms with Gasteiger partial charge in [-0.05, 0) is 19.9 Å². The van der Waals surface area contributed by atoms with E-state index in [9.17, 15) is 8.42 Å².